The van der Waals surface area contributed by atoms with E-state index >= 15 is 0 Å². The number of anilines is 1. The minimum atomic E-state index is -0.309. The third kappa shape index (κ3) is 1.97. The van der Waals surface area contributed by atoms with E-state index in [9.17, 15) is 4.79 Å². The molecule has 4 N–H and O–H groups in total. The van der Waals surface area contributed by atoms with Crippen molar-refractivity contribution in [1.82, 2.24) is 15.0 Å². The largest absolute Gasteiger partial charge is 0.398 e. The Morgan fingerprint density at radius 3 is 2.68 bits per heavy atom. The van der Waals surface area contributed by atoms with Crippen molar-refractivity contribution in [3.05, 3.63) is 44.8 Å². The fourth-order valence-electron chi connectivity index (χ4n) is 1.86. The predicted octanol–water partition coefficient (Wildman–Crippen LogP) is 2.81. The van der Waals surface area contributed by atoms with Crippen LogP contribution >= 0.6 is 23.2 Å². The predicted molar refractivity (Wildman–Crippen MR) is 76.6 cm³/mol. The van der Waals surface area contributed by atoms with Crippen molar-refractivity contribution in [3.8, 4) is 11.4 Å². The zero-order chi connectivity index (χ0) is 13.6. The molecule has 0 bridgehead atoms. The first-order valence-corrected chi connectivity index (χ1v) is 6.14. The van der Waals surface area contributed by atoms with Crippen molar-refractivity contribution in [2.75, 3.05) is 5.73 Å². The summed E-state index contributed by atoms with van der Waals surface area (Å²) >= 11 is 11.9. The van der Waals surface area contributed by atoms with Crippen molar-refractivity contribution in [3.63, 3.8) is 0 Å². The molecular formula is C12H8Cl2N4O. The van der Waals surface area contributed by atoms with Gasteiger partial charge in [-0.3, -0.25) is 4.79 Å². The highest BCUT2D eigenvalue weighted by Gasteiger charge is 2.13. The monoisotopic (exact) mass is 294 g/mol. The van der Waals surface area contributed by atoms with E-state index in [1.54, 1.807) is 18.2 Å². The van der Waals surface area contributed by atoms with Crippen LogP contribution in [0.2, 0.25) is 10.0 Å². The maximum Gasteiger partial charge on any atom is 0.261 e. The number of H-pyrrole nitrogens is 2. The number of hydrogen-bond donors (Lipinski definition) is 3. The number of nitrogens with one attached hydrogen (secondary N) is 2. The van der Waals surface area contributed by atoms with Gasteiger partial charge in [0.2, 0.25) is 0 Å². The molecule has 1 aromatic carbocycles. The number of aromatic amines is 2. The van der Waals surface area contributed by atoms with E-state index in [-0.39, 0.29) is 5.56 Å². The first-order chi connectivity index (χ1) is 9.06. The van der Waals surface area contributed by atoms with Gasteiger partial charge in [0.1, 0.15) is 11.4 Å². The summed E-state index contributed by atoms with van der Waals surface area (Å²) in [6, 6.07) is 4.89. The topological polar surface area (TPSA) is 87.6 Å². The smallest absolute Gasteiger partial charge is 0.261 e. The molecule has 0 fully saturated rings. The lowest BCUT2D eigenvalue weighted by molar-refractivity contribution is 1.21. The number of halogens is 2. The summed E-state index contributed by atoms with van der Waals surface area (Å²) in [7, 11) is 0. The van der Waals surface area contributed by atoms with Gasteiger partial charge < -0.3 is 15.7 Å². The van der Waals surface area contributed by atoms with Crippen LogP contribution in [0, 0.1) is 0 Å². The molecule has 2 heterocycles. The van der Waals surface area contributed by atoms with Crippen molar-refractivity contribution >= 4 is 39.9 Å². The molecule has 0 spiro atoms. The molecule has 7 heteroatoms. The number of imidazole rings is 1. The zero-order valence-corrected chi connectivity index (χ0v) is 11.0. The van der Waals surface area contributed by atoms with Gasteiger partial charge in [-0.25, -0.2) is 4.98 Å². The highest BCUT2D eigenvalue weighted by atomic mass is 35.5. The number of pyridine rings is 1. The molecule has 3 rings (SSSR count). The van der Waals surface area contributed by atoms with E-state index in [1.807, 2.05) is 0 Å². The van der Waals surface area contributed by atoms with Crippen LogP contribution in [0.5, 0.6) is 0 Å². The van der Waals surface area contributed by atoms with Crippen LogP contribution in [0.4, 0.5) is 5.69 Å². The molecule has 0 atom stereocenters. The fraction of sp³-hybridized carbons (Fsp3) is 0. The summed E-state index contributed by atoms with van der Waals surface area (Å²) in [5.74, 6) is 0.382. The van der Waals surface area contributed by atoms with Crippen molar-refractivity contribution in [2.24, 2.45) is 0 Å². The molecular weight excluding hydrogens is 287 g/mol. The fourth-order valence-corrected chi connectivity index (χ4v) is 2.18. The number of hydrogen-bond acceptors (Lipinski definition) is 3. The van der Waals surface area contributed by atoms with Crippen molar-refractivity contribution in [2.45, 2.75) is 0 Å². The van der Waals surface area contributed by atoms with E-state index in [2.05, 4.69) is 15.0 Å². The number of rotatable bonds is 1. The average Bonchev–Trinajstić information content (AvgIpc) is 2.72. The second kappa shape index (κ2) is 4.29. The van der Waals surface area contributed by atoms with Crippen LogP contribution in [-0.4, -0.2) is 15.0 Å². The van der Waals surface area contributed by atoms with Crippen molar-refractivity contribution < 1.29 is 0 Å². The van der Waals surface area contributed by atoms with Crippen LogP contribution in [0.15, 0.2) is 29.2 Å². The quantitative estimate of drug-likeness (QED) is 0.645. The molecule has 0 saturated heterocycles. The maximum absolute atomic E-state index is 11.8. The van der Waals surface area contributed by atoms with Crippen LogP contribution in [0.3, 0.4) is 0 Å². The number of aromatic nitrogens is 3. The second-order valence-corrected chi connectivity index (χ2v) is 4.82. The molecule has 2 aromatic heterocycles. The van der Waals surface area contributed by atoms with Crippen molar-refractivity contribution in [1.29, 1.82) is 0 Å². The number of fused-ring (bicyclic) bond motifs is 1. The Hall–Kier alpha value is -1.98. The molecule has 3 aromatic rings. The minimum Gasteiger partial charge on any atom is -0.398 e. The number of nitrogens with zero attached hydrogens (tertiary/aromatic N) is 1. The van der Waals surface area contributed by atoms with Gasteiger partial charge in [0.25, 0.3) is 5.56 Å². The lowest BCUT2D eigenvalue weighted by atomic mass is 10.2. The molecule has 96 valence electrons. The molecule has 5 nitrogen and oxygen atoms in total. The zero-order valence-electron chi connectivity index (χ0n) is 9.50. The van der Waals surface area contributed by atoms with Crippen LogP contribution in [-0.2, 0) is 0 Å². The highest BCUT2D eigenvalue weighted by Crippen LogP contribution is 2.29. The Morgan fingerprint density at radius 2 is 1.95 bits per heavy atom. The van der Waals surface area contributed by atoms with Gasteiger partial charge in [0, 0.05) is 11.9 Å². The lowest BCUT2D eigenvalue weighted by Gasteiger charge is -1.99. The standard InChI is InChI=1S/C12H8Cl2N4O/c13-5-3-8-9(4-6(5)14)18-11(17-8)10-7(15)1-2-16-12(10)19/h1-4H,(H,17,18)(H3,15,16,19). The van der Waals surface area contributed by atoms with E-state index < -0.39 is 0 Å². The molecule has 19 heavy (non-hydrogen) atoms. The van der Waals surface area contributed by atoms with Gasteiger partial charge in [-0.15, -0.1) is 0 Å². The molecule has 0 amide bonds. The summed E-state index contributed by atoms with van der Waals surface area (Å²) in [5, 5.41) is 0.821. The first-order valence-electron chi connectivity index (χ1n) is 5.38. The molecule has 0 saturated carbocycles. The summed E-state index contributed by atoms with van der Waals surface area (Å²) in [4.78, 5) is 21.7. The summed E-state index contributed by atoms with van der Waals surface area (Å²) in [6.45, 7) is 0. The van der Waals surface area contributed by atoms with Crippen LogP contribution in [0.1, 0.15) is 0 Å². The highest BCUT2D eigenvalue weighted by molar-refractivity contribution is 6.42. The summed E-state index contributed by atoms with van der Waals surface area (Å²) in [6.07, 6.45) is 1.48. The second-order valence-electron chi connectivity index (χ2n) is 4.01. The SMILES string of the molecule is Nc1cc[nH]c(=O)c1-c1nc2cc(Cl)c(Cl)cc2[nH]1. The Kier molecular flexibility index (Phi) is 2.73. The summed E-state index contributed by atoms with van der Waals surface area (Å²) in [5.41, 5.74) is 7.44. The molecule has 0 radical (unpaired) electrons. The van der Waals surface area contributed by atoms with Gasteiger partial charge in [-0.1, -0.05) is 23.2 Å². The molecule has 0 unspecified atom stereocenters. The van der Waals surface area contributed by atoms with Crippen LogP contribution < -0.4 is 11.3 Å². The minimum absolute atomic E-state index is 0.297. The number of benzene rings is 1. The third-order valence-corrected chi connectivity index (χ3v) is 3.48. The Balaban J connectivity index is 2.30. The van der Waals surface area contributed by atoms with E-state index in [1.165, 1.54) is 6.20 Å². The Morgan fingerprint density at radius 1 is 1.21 bits per heavy atom. The lowest BCUT2D eigenvalue weighted by Crippen LogP contribution is -2.11. The van der Waals surface area contributed by atoms with Gasteiger partial charge in [-0.2, -0.15) is 0 Å². The average molecular weight is 295 g/mol. The van der Waals surface area contributed by atoms with Gasteiger partial charge in [0.15, 0.2) is 0 Å². The first kappa shape index (κ1) is 12.1. The summed E-state index contributed by atoms with van der Waals surface area (Å²) < 4.78 is 0. The van der Waals surface area contributed by atoms with E-state index in [4.69, 9.17) is 28.9 Å². The number of nitrogens with two attached hydrogens (primary N) is 1. The molecule has 0 aliphatic carbocycles. The van der Waals surface area contributed by atoms with Crippen LogP contribution in [0.25, 0.3) is 22.4 Å². The van der Waals surface area contributed by atoms with Gasteiger partial charge in [-0.05, 0) is 18.2 Å². The number of nitrogen functional groups attached to an aromatic ring is 1. The Labute approximate surface area is 117 Å². The van der Waals surface area contributed by atoms with Gasteiger partial charge in [0.05, 0.1) is 21.1 Å². The maximum atomic E-state index is 11.8. The molecule has 0 aliphatic heterocycles. The Bertz CT molecular complexity index is 798. The van der Waals surface area contributed by atoms with Gasteiger partial charge >= 0.3 is 0 Å². The third-order valence-electron chi connectivity index (χ3n) is 2.75. The molecule has 0 aliphatic rings. The normalized spacial score (nSPS) is 11.1. The van der Waals surface area contributed by atoms with E-state index in [0.29, 0.717) is 38.2 Å². The van der Waals surface area contributed by atoms with E-state index in [0.717, 1.165) is 0 Å².